The van der Waals surface area contributed by atoms with E-state index in [1.165, 1.54) is 0 Å². The topological polar surface area (TPSA) is 56.7 Å². The van der Waals surface area contributed by atoms with E-state index in [1.807, 2.05) is 59.5 Å². The number of para-hydroxylation sites is 1. The Morgan fingerprint density at radius 1 is 1.05 bits per heavy atom. The van der Waals surface area contributed by atoms with E-state index in [4.69, 9.17) is 5.73 Å². The van der Waals surface area contributed by atoms with Gasteiger partial charge >= 0.3 is 0 Å². The zero-order valence-corrected chi connectivity index (χ0v) is 11.6. The van der Waals surface area contributed by atoms with Crippen LogP contribution in [0.4, 0.5) is 5.69 Å². The molecule has 5 heteroatoms. The van der Waals surface area contributed by atoms with E-state index >= 15 is 0 Å². The lowest BCUT2D eigenvalue weighted by Crippen LogP contribution is -1.92. The van der Waals surface area contributed by atoms with Crippen molar-refractivity contribution in [2.24, 2.45) is 0 Å². The van der Waals surface area contributed by atoms with Crippen LogP contribution in [0.1, 0.15) is 5.56 Å². The van der Waals surface area contributed by atoms with Gasteiger partial charge in [0.1, 0.15) is 0 Å². The number of thioether (sulfide) groups is 1. The van der Waals surface area contributed by atoms with E-state index < -0.39 is 0 Å². The molecule has 0 spiro atoms. The third kappa shape index (κ3) is 3.00. The van der Waals surface area contributed by atoms with Gasteiger partial charge in [0.2, 0.25) is 0 Å². The first-order valence-electron chi connectivity index (χ1n) is 6.24. The zero-order valence-electron chi connectivity index (χ0n) is 10.8. The predicted molar refractivity (Wildman–Crippen MR) is 81.8 cm³/mol. The van der Waals surface area contributed by atoms with Gasteiger partial charge < -0.3 is 5.73 Å². The fourth-order valence-corrected chi connectivity index (χ4v) is 2.55. The monoisotopic (exact) mass is 282 g/mol. The highest BCUT2D eigenvalue weighted by atomic mass is 32.2. The smallest absolute Gasteiger partial charge is 0.0964 e. The summed E-state index contributed by atoms with van der Waals surface area (Å²) in [5.41, 5.74) is 8.53. The summed E-state index contributed by atoms with van der Waals surface area (Å²) in [5, 5.41) is 5.34. The normalized spacial score (nSPS) is 10.6. The molecule has 2 N–H and O–H groups in total. The number of benzene rings is 1. The standard InChI is InChI=1S/C15H14N4S/c16-13-6-7-15(17-9-13)20-11-12-8-18-19(10-12)14-4-2-1-3-5-14/h1-10H,11,16H2. The van der Waals surface area contributed by atoms with Crippen molar-refractivity contribution in [1.29, 1.82) is 0 Å². The Hall–Kier alpha value is -2.27. The Labute approximate surface area is 121 Å². The molecule has 4 nitrogen and oxygen atoms in total. The van der Waals surface area contributed by atoms with E-state index in [2.05, 4.69) is 10.1 Å². The van der Waals surface area contributed by atoms with Crippen molar-refractivity contribution in [2.75, 3.05) is 5.73 Å². The number of pyridine rings is 1. The minimum absolute atomic E-state index is 0.686. The largest absolute Gasteiger partial charge is 0.397 e. The first kappa shape index (κ1) is 12.7. The summed E-state index contributed by atoms with van der Waals surface area (Å²) in [7, 11) is 0. The second-order valence-electron chi connectivity index (χ2n) is 4.35. The molecule has 0 aliphatic rings. The molecule has 0 aliphatic heterocycles. The van der Waals surface area contributed by atoms with Gasteiger partial charge in [0, 0.05) is 17.5 Å². The molecular formula is C15H14N4S. The lowest BCUT2D eigenvalue weighted by Gasteiger charge is -2.00. The van der Waals surface area contributed by atoms with Gasteiger partial charge in [-0.3, -0.25) is 0 Å². The van der Waals surface area contributed by atoms with Crippen LogP contribution in [0.5, 0.6) is 0 Å². The summed E-state index contributed by atoms with van der Waals surface area (Å²) in [6, 6.07) is 13.9. The molecule has 0 unspecified atom stereocenters. The van der Waals surface area contributed by atoms with Gasteiger partial charge in [0.05, 0.1) is 28.8 Å². The van der Waals surface area contributed by atoms with Gasteiger partial charge in [-0.1, -0.05) is 18.2 Å². The van der Waals surface area contributed by atoms with Crippen LogP contribution in [0, 0.1) is 0 Å². The van der Waals surface area contributed by atoms with Crippen molar-refractivity contribution in [1.82, 2.24) is 14.8 Å². The van der Waals surface area contributed by atoms with Crippen molar-refractivity contribution in [3.63, 3.8) is 0 Å². The van der Waals surface area contributed by atoms with Crippen LogP contribution in [-0.4, -0.2) is 14.8 Å². The van der Waals surface area contributed by atoms with Gasteiger partial charge in [-0.2, -0.15) is 5.10 Å². The van der Waals surface area contributed by atoms with Crippen molar-refractivity contribution >= 4 is 17.4 Å². The van der Waals surface area contributed by atoms with Gasteiger partial charge in [-0.15, -0.1) is 11.8 Å². The third-order valence-corrected chi connectivity index (χ3v) is 3.82. The first-order valence-corrected chi connectivity index (χ1v) is 7.23. The number of aromatic nitrogens is 3. The number of nitrogens with two attached hydrogens (primary N) is 1. The Bertz CT molecular complexity index is 677. The third-order valence-electron chi connectivity index (χ3n) is 2.80. The number of hydrogen-bond donors (Lipinski definition) is 1. The Kier molecular flexibility index (Phi) is 3.69. The molecular weight excluding hydrogens is 268 g/mol. The van der Waals surface area contributed by atoms with E-state index in [0.717, 1.165) is 22.0 Å². The molecule has 0 aliphatic carbocycles. The molecule has 100 valence electrons. The lowest BCUT2D eigenvalue weighted by atomic mass is 10.3. The quantitative estimate of drug-likeness (QED) is 0.747. The summed E-state index contributed by atoms with van der Waals surface area (Å²) in [5.74, 6) is 0.837. The molecule has 0 fully saturated rings. The highest BCUT2D eigenvalue weighted by Gasteiger charge is 2.02. The minimum atomic E-state index is 0.686. The molecule has 0 radical (unpaired) electrons. The molecule has 0 saturated carbocycles. The average molecular weight is 282 g/mol. The minimum Gasteiger partial charge on any atom is -0.397 e. The summed E-state index contributed by atoms with van der Waals surface area (Å²) >= 11 is 1.67. The van der Waals surface area contributed by atoms with Crippen molar-refractivity contribution in [2.45, 2.75) is 10.8 Å². The lowest BCUT2D eigenvalue weighted by molar-refractivity contribution is 0.880. The highest BCUT2D eigenvalue weighted by Crippen LogP contribution is 2.21. The van der Waals surface area contributed by atoms with Crippen molar-refractivity contribution < 1.29 is 0 Å². The fourth-order valence-electron chi connectivity index (χ4n) is 1.79. The first-order chi connectivity index (χ1) is 9.81. The summed E-state index contributed by atoms with van der Waals surface area (Å²) in [4.78, 5) is 4.27. The van der Waals surface area contributed by atoms with Crippen LogP contribution in [0.2, 0.25) is 0 Å². The van der Waals surface area contributed by atoms with E-state index in [0.29, 0.717) is 5.69 Å². The van der Waals surface area contributed by atoms with Crippen LogP contribution in [0.15, 0.2) is 66.1 Å². The molecule has 0 saturated heterocycles. The Morgan fingerprint density at radius 2 is 1.90 bits per heavy atom. The van der Waals surface area contributed by atoms with Crippen LogP contribution < -0.4 is 5.73 Å². The number of rotatable bonds is 4. The van der Waals surface area contributed by atoms with Crippen LogP contribution in [0.3, 0.4) is 0 Å². The molecule has 3 rings (SSSR count). The molecule has 2 heterocycles. The van der Waals surface area contributed by atoms with Gasteiger partial charge in [-0.05, 0) is 24.3 Å². The summed E-state index contributed by atoms with van der Waals surface area (Å²) in [6.45, 7) is 0. The summed E-state index contributed by atoms with van der Waals surface area (Å²) < 4.78 is 1.88. The zero-order chi connectivity index (χ0) is 13.8. The van der Waals surface area contributed by atoms with E-state index in [1.54, 1.807) is 18.0 Å². The molecule has 20 heavy (non-hydrogen) atoms. The predicted octanol–water partition coefficient (Wildman–Crippen LogP) is 3.14. The molecule has 3 aromatic rings. The second kappa shape index (κ2) is 5.79. The van der Waals surface area contributed by atoms with Crippen LogP contribution in [0.25, 0.3) is 5.69 Å². The Balaban J connectivity index is 1.67. The number of nitrogen functional groups attached to an aromatic ring is 1. The Morgan fingerprint density at radius 3 is 2.65 bits per heavy atom. The maximum Gasteiger partial charge on any atom is 0.0964 e. The number of hydrogen-bond acceptors (Lipinski definition) is 4. The maximum absolute atomic E-state index is 5.62. The summed E-state index contributed by atoms with van der Waals surface area (Å²) in [6.07, 6.45) is 5.60. The number of nitrogens with zero attached hydrogens (tertiary/aromatic N) is 3. The average Bonchev–Trinajstić information content (AvgIpc) is 2.97. The molecule has 2 aromatic heterocycles. The van der Waals surface area contributed by atoms with Gasteiger partial charge in [0.25, 0.3) is 0 Å². The molecule has 0 bridgehead atoms. The van der Waals surface area contributed by atoms with Crippen LogP contribution >= 0.6 is 11.8 Å². The SMILES string of the molecule is Nc1ccc(SCc2cnn(-c3ccccc3)c2)nc1. The van der Waals surface area contributed by atoms with Crippen molar-refractivity contribution in [3.8, 4) is 5.69 Å². The van der Waals surface area contributed by atoms with Crippen molar-refractivity contribution in [3.05, 3.63) is 66.6 Å². The van der Waals surface area contributed by atoms with E-state index in [-0.39, 0.29) is 0 Å². The van der Waals surface area contributed by atoms with Crippen LogP contribution in [-0.2, 0) is 5.75 Å². The van der Waals surface area contributed by atoms with E-state index in [9.17, 15) is 0 Å². The fraction of sp³-hybridized carbons (Fsp3) is 0.0667. The molecule has 1 aromatic carbocycles. The number of anilines is 1. The maximum atomic E-state index is 5.62. The van der Waals surface area contributed by atoms with Gasteiger partial charge in [-0.25, -0.2) is 9.67 Å². The second-order valence-corrected chi connectivity index (χ2v) is 5.34. The van der Waals surface area contributed by atoms with Gasteiger partial charge in [0.15, 0.2) is 0 Å². The highest BCUT2D eigenvalue weighted by molar-refractivity contribution is 7.98. The molecule has 0 amide bonds. The molecule has 0 atom stereocenters.